The number of nitrogens with one attached hydrogen (secondary N) is 1. The van der Waals surface area contributed by atoms with Crippen LogP contribution in [0.25, 0.3) is 11.1 Å². The van der Waals surface area contributed by atoms with Crippen molar-refractivity contribution >= 4 is 11.6 Å². The van der Waals surface area contributed by atoms with E-state index in [4.69, 9.17) is 30.5 Å². The van der Waals surface area contributed by atoms with E-state index in [1.165, 1.54) is 12.8 Å². The summed E-state index contributed by atoms with van der Waals surface area (Å²) in [4.78, 5) is 6.68. The van der Waals surface area contributed by atoms with Crippen molar-refractivity contribution in [1.29, 1.82) is 5.26 Å². The van der Waals surface area contributed by atoms with Crippen LogP contribution in [0.3, 0.4) is 0 Å². The van der Waals surface area contributed by atoms with Gasteiger partial charge in [-0.3, -0.25) is 15.2 Å². The smallest absolute Gasteiger partial charge is 0.161 e. The number of benzene rings is 3. The lowest BCUT2D eigenvalue weighted by Gasteiger charge is -2.28. The third kappa shape index (κ3) is 7.39. The molecule has 8 nitrogen and oxygen atoms in total. The maximum absolute atomic E-state index is 9.31. The van der Waals surface area contributed by atoms with Gasteiger partial charge in [0.25, 0.3) is 0 Å². The third-order valence-electron chi connectivity index (χ3n) is 8.61. The maximum Gasteiger partial charge on any atom is 0.161 e. The number of hydrogen-bond acceptors (Lipinski definition) is 8. The number of ether oxygens (including phenoxy) is 4. The minimum absolute atomic E-state index is 0.261. The molecule has 1 unspecified atom stereocenters. The van der Waals surface area contributed by atoms with Gasteiger partial charge in [0.2, 0.25) is 0 Å². The molecule has 0 amide bonds. The summed E-state index contributed by atoms with van der Waals surface area (Å²) in [6.45, 7) is 8.83. The molecule has 0 radical (unpaired) electrons. The molecule has 1 atom stereocenters. The largest absolute Gasteiger partial charge is 0.488 e. The van der Waals surface area contributed by atoms with Crippen molar-refractivity contribution in [1.82, 2.24) is 15.2 Å². The van der Waals surface area contributed by atoms with Gasteiger partial charge in [0.15, 0.2) is 11.5 Å². The van der Waals surface area contributed by atoms with Gasteiger partial charge in [-0.1, -0.05) is 42.8 Å². The Bertz CT molecular complexity index is 1720. The normalized spacial score (nSPS) is 14.9. The highest BCUT2D eigenvalue weighted by Crippen LogP contribution is 2.37. The van der Waals surface area contributed by atoms with Gasteiger partial charge in [0, 0.05) is 36.1 Å². The van der Waals surface area contributed by atoms with Crippen LogP contribution in [0.4, 0.5) is 0 Å². The molecule has 3 heterocycles. The molecule has 238 valence electrons. The molecular weight excluding hydrogens is 600 g/mol. The van der Waals surface area contributed by atoms with Gasteiger partial charge >= 0.3 is 0 Å². The van der Waals surface area contributed by atoms with E-state index in [0.717, 1.165) is 64.4 Å². The first-order valence-electron chi connectivity index (χ1n) is 15.9. The van der Waals surface area contributed by atoms with Gasteiger partial charge in [-0.2, -0.15) is 5.26 Å². The number of hydrogen-bond donors (Lipinski definition) is 1. The van der Waals surface area contributed by atoms with Gasteiger partial charge in [0.05, 0.1) is 16.8 Å². The lowest BCUT2D eigenvalue weighted by Crippen LogP contribution is -2.43. The average Bonchev–Trinajstić information content (AvgIpc) is 3.63. The van der Waals surface area contributed by atoms with Crippen molar-refractivity contribution in [3.63, 3.8) is 0 Å². The SMILES string of the molecule is CCC(NCc1cc(Cl)c(OCc2cccc(-c3ccc4c(c3)OCCO4)c2C)cc1OCc1cncc(C#N)c1)N1CCCC1. The number of nitrogens with zero attached hydrogens (tertiary/aromatic N) is 3. The molecule has 1 N–H and O–H groups in total. The van der Waals surface area contributed by atoms with Crippen molar-refractivity contribution in [3.05, 3.63) is 99.8 Å². The summed E-state index contributed by atoms with van der Waals surface area (Å²) in [5.74, 6) is 2.75. The predicted molar refractivity (Wildman–Crippen MR) is 178 cm³/mol. The van der Waals surface area contributed by atoms with Crippen molar-refractivity contribution < 1.29 is 18.9 Å². The van der Waals surface area contributed by atoms with Crippen LogP contribution in [0.1, 0.15) is 54.0 Å². The predicted octanol–water partition coefficient (Wildman–Crippen LogP) is 7.43. The van der Waals surface area contributed by atoms with Crippen LogP contribution in [0.15, 0.2) is 67.0 Å². The zero-order chi connectivity index (χ0) is 31.9. The summed E-state index contributed by atoms with van der Waals surface area (Å²) in [5.41, 5.74) is 6.57. The molecular formula is C37H39ClN4O4. The van der Waals surface area contributed by atoms with E-state index in [2.05, 4.69) is 53.3 Å². The molecule has 0 saturated carbocycles. The number of aromatic nitrogens is 1. The van der Waals surface area contributed by atoms with Gasteiger partial charge in [-0.15, -0.1) is 0 Å². The van der Waals surface area contributed by atoms with Crippen LogP contribution in [0.2, 0.25) is 5.02 Å². The summed E-state index contributed by atoms with van der Waals surface area (Å²) in [5, 5.41) is 13.5. The van der Waals surface area contributed by atoms with Crippen LogP contribution < -0.4 is 24.3 Å². The molecule has 4 aromatic rings. The van der Waals surface area contributed by atoms with Crippen LogP contribution in [-0.2, 0) is 19.8 Å². The fourth-order valence-electron chi connectivity index (χ4n) is 6.08. The van der Waals surface area contributed by atoms with Crippen molar-refractivity contribution in [2.24, 2.45) is 0 Å². The molecule has 0 bridgehead atoms. The van der Waals surface area contributed by atoms with E-state index in [9.17, 15) is 5.26 Å². The van der Waals surface area contributed by atoms with Crippen molar-refractivity contribution in [2.75, 3.05) is 26.3 Å². The quantitative estimate of drug-likeness (QED) is 0.171. The van der Waals surface area contributed by atoms with Crippen molar-refractivity contribution in [2.45, 2.75) is 59.0 Å². The Morgan fingerprint density at radius 3 is 2.57 bits per heavy atom. The Morgan fingerprint density at radius 2 is 1.76 bits per heavy atom. The first kappa shape index (κ1) is 31.7. The molecule has 1 fully saturated rings. The number of likely N-dealkylation sites (tertiary alicyclic amines) is 1. The van der Waals surface area contributed by atoms with E-state index < -0.39 is 0 Å². The minimum Gasteiger partial charge on any atom is -0.488 e. The highest BCUT2D eigenvalue weighted by molar-refractivity contribution is 6.32. The van der Waals surface area contributed by atoms with Crippen LogP contribution in [-0.4, -0.2) is 42.4 Å². The second-order valence-electron chi connectivity index (χ2n) is 11.7. The van der Waals surface area contributed by atoms with Crippen LogP contribution in [0.5, 0.6) is 23.0 Å². The number of rotatable bonds is 12. The summed E-state index contributed by atoms with van der Waals surface area (Å²) in [6, 6.07) is 20.0. The molecule has 2 aliphatic heterocycles. The molecule has 1 aromatic heterocycles. The van der Waals surface area contributed by atoms with Crippen molar-refractivity contribution in [3.8, 4) is 40.2 Å². The number of fused-ring (bicyclic) bond motifs is 1. The Labute approximate surface area is 275 Å². The fourth-order valence-corrected chi connectivity index (χ4v) is 6.32. The molecule has 0 spiro atoms. The van der Waals surface area contributed by atoms with Gasteiger partial charge in [-0.05, 0) is 85.8 Å². The summed E-state index contributed by atoms with van der Waals surface area (Å²) in [6.07, 6.45) is 7.01. The molecule has 9 heteroatoms. The monoisotopic (exact) mass is 638 g/mol. The summed E-state index contributed by atoms with van der Waals surface area (Å²) < 4.78 is 24.2. The standard InChI is InChI=1S/C37H39ClN4O4/c1-3-37(42-11-4-5-12-42)41-22-30-16-32(38)35(18-34(30)45-23-27-15-26(19-39)20-40-21-27)46-24-29-7-6-8-31(25(29)2)28-9-10-33-36(17-28)44-14-13-43-33/h6-10,15-18,20-21,37,41H,3-5,11-14,22-24H2,1-2H3. The highest BCUT2D eigenvalue weighted by atomic mass is 35.5. The zero-order valence-electron chi connectivity index (χ0n) is 26.4. The maximum atomic E-state index is 9.31. The Morgan fingerprint density at radius 1 is 0.957 bits per heavy atom. The van der Waals surface area contributed by atoms with Gasteiger partial charge < -0.3 is 18.9 Å². The number of pyridine rings is 1. The van der Waals surface area contributed by atoms with E-state index in [1.54, 1.807) is 18.5 Å². The van der Waals surface area contributed by atoms with Crippen LogP contribution >= 0.6 is 11.6 Å². The van der Waals surface area contributed by atoms with E-state index in [1.807, 2.05) is 30.3 Å². The Balaban J connectivity index is 1.22. The Kier molecular flexibility index (Phi) is 10.2. The highest BCUT2D eigenvalue weighted by Gasteiger charge is 2.21. The average molecular weight is 639 g/mol. The van der Waals surface area contributed by atoms with E-state index in [0.29, 0.717) is 48.5 Å². The zero-order valence-corrected chi connectivity index (χ0v) is 27.1. The van der Waals surface area contributed by atoms with Gasteiger partial charge in [0.1, 0.15) is 44.0 Å². The molecule has 2 aliphatic rings. The summed E-state index contributed by atoms with van der Waals surface area (Å²) >= 11 is 6.84. The van der Waals surface area contributed by atoms with Gasteiger partial charge in [-0.25, -0.2) is 0 Å². The fraction of sp³-hybridized carbons (Fsp3) is 0.351. The molecule has 6 rings (SSSR count). The molecule has 1 saturated heterocycles. The lowest BCUT2D eigenvalue weighted by molar-refractivity contribution is 0.171. The molecule has 0 aliphatic carbocycles. The first-order valence-corrected chi connectivity index (χ1v) is 16.3. The first-order chi connectivity index (χ1) is 22.5. The second-order valence-corrected chi connectivity index (χ2v) is 12.1. The van der Waals surface area contributed by atoms with E-state index >= 15 is 0 Å². The lowest BCUT2D eigenvalue weighted by atomic mass is 9.96. The molecule has 3 aromatic carbocycles. The summed E-state index contributed by atoms with van der Waals surface area (Å²) in [7, 11) is 0. The third-order valence-corrected chi connectivity index (χ3v) is 8.91. The minimum atomic E-state index is 0.261. The second kappa shape index (κ2) is 14.9. The molecule has 46 heavy (non-hydrogen) atoms. The van der Waals surface area contributed by atoms with E-state index in [-0.39, 0.29) is 12.8 Å². The number of halogens is 1. The van der Waals surface area contributed by atoms with Crippen LogP contribution in [0, 0.1) is 18.3 Å². The topological polar surface area (TPSA) is 88.9 Å². The Hall–Kier alpha value is -4.29. The number of nitriles is 1.